The molecule has 1 aliphatic heterocycles. The Morgan fingerprint density at radius 3 is 2.77 bits per heavy atom. The molecule has 1 aromatic carbocycles. The van der Waals surface area contributed by atoms with Crippen molar-refractivity contribution in [3.8, 4) is 0 Å². The number of hydrogen-bond acceptors (Lipinski definition) is 6. The van der Waals surface area contributed by atoms with Crippen LogP contribution in [0.3, 0.4) is 0 Å². The van der Waals surface area contributed by atoms with E-state index in [1.807, 2.05) is 6.92 Å². The minimum atomic E-state index is -0.835. The number of nitro benzene ring substituents is 1. The summed E-state index contributed by atoms with van der Waals surface area (Å²) in [5.41, 5.74) is 0.949. The first-order valence-corrected chi connectivity index (χ1v) is 8.11. The maximum atomic E-state index is 12.6. The highest BCUT2D eigenvalue weighted by atomic mass is 16.6. The minimum Gasteiger partial charge on any atom is -0.460 e. The van der Waals surface area contributed by atoms with Gasteiger partial charge in [0.2, 0.25) is 0 Å². The number of rotatable bonds is 7. The molecule has 1 heterocycles. The standard InChI is InChI=1S/C17H21N3O6/c1-4-25-8-9-26-16(21)14-11(2)19(3)17(22)18-15(14)12-6-5-7-13(10-12)20(23)24/h5-7,10,15H,4,8-9H2,1-3H3,(H,18,22). The molecule has 9 heteroatoms. The summed E-state index contributed by atoms with van der Waals surface area (Å²) in [7, 11) is 1.53. The molecule has 0 radical (unpaired) electrons. The van der Waals surface area contributed by atoms with Crippen LogP contribution in [-0.4, -0.2) is 48.7 Å². The number of benzene rings is 1. The van der Waals surface area contributed by atoms with Crippen molar-refractivity contribution >= 4 is 17.7 Å². The Morgan fingerprint density at radius 1 is 1.38 bits per heavy atom. The van der Waals surface area contributed by atoms with Crippen LogP contribution in [0.5, 0.6) is 0 Å². The lowest BCUT2D eigenvalue weighted by molar-refractivity contribution is -0.384. The van der Waals surface area contributed by atoms with Gasteiger partial charge in [-0.05, 0) is 19.4 Å². The number of esters is 1. The molecule has 0 aliphatic carbocycles. The van der Waals surface area contributed by atoms with Gasteiger partial charge in [0.1, 0.15) is 6.61 Å². The highest BCUT2D eigenvalue weighted by Crippen LogP contribution is 2.32. The van der Waals surface area contributed by atoms with E-state index in [1.165, 1.54) is 30.1 Å². The van der Waals surface area contributed by atoms with Crippen LogP contribution in [-0.2, 0) is 14.3 Å². The first kappa shape index (κ1) is 19.4. The highest BCUT2D eigenvalue weighted by molar-refractivity contribution is 5.95. The second-order valence-electron chi connectivity index (χ2n) is 5.63. The highest BCUT2D eigenvalue weighted by Gasteiger charge is 2.35. The topological polar surface area (TPSA) is 111 Å². The van der Waals surface area contributed by atoms with Gasteiger partial charge in [0.05, 0.1) is 23.1 Å². The zero-order valence-electron chi connectivity index (χ0n) is 14.9. The van der Waals surface area contributed by atoms with Gasteiger partial charge >= 0.3 is 12.0 Å². The Balaban J connectivity index is 2.35. The summed E-state index contributed by atoms with van der Waals surface area (Å²) in [6.07, 6.45) is 0. The maximum Gasteiger partial charge on any atom is 0.338 e. The number of non-ortho nitro benzene ring substituents is 1. The summed E-state index contributed by atoms with van der Waals surface area (Å²) in [4.78, 5) is 36.5. The zero-order valence-corrected chi connectivity index (χ0v) is 14.9. The quantitative estimate of drug-likeness (QED) is 0.344. The monoisotopic (exact) mass is 363 g/mol. The molecule has 0 saturated heterocycles. The lowest BCUT2D eigenvalue weighted by Crippen LogP contribution is -2.46. The van der Waals surface area contributed by atoms with Crippen molar-refractivity contribution in [1.82, 2.24) is 10.2 Å². The summed E-state index contributed by atoms with van der Waals surface area (Å²) in [6.45, 7) is 4.30. The molecule has 2 amide bonds. The first-order valence-electron chi connectivity index (χ1n) is 8.11. The van der Waals surface area contributed by atoms with Crippen molar-refractivity contribution < 1.29 is 24.0 Å². The number of carbonyl (C=O) groups is 2. The van der Waals surface area contributed by atoms with Crippen molar-refractivity contribution in [2.24, 2.45) is 0 Å². The Morgan fingerprint density at radius 2 is 2.12 bits per heavy atom. The second-order valence-corrected chi connectivity index (χ2v) is 5.63. The fraction of sp³-hybridized carbons (Fsp3) is 0.412. The Bertz CT molecular complexity index is 746. The van der Waals surface area contributed by atoms with Crippen molar-refractivity contribution in [3.05, 3.63) is 51.2 Å². The SMILES string of the molecule is CCOCCOC(=O)C1=C(C)N(C)C(=O)NC1c1cccc([N+](=O)[O-])c1. The van der Waals surface area contributed by atoms with Crippen LogP contribution in [0, 0.1) is 10.1 Å². The Labute approximate surface area is 150 Å². The number of ether oxygens (including phenoxy) is 2. The van der Waals surface area contributed by atoms with E-state index < -0.39 is 23.0 Å². The molecular weight excluding hydrogens is 342 g/mol. The molecule has 1 aliphatic rings. The van der Waals surface area contributed by atoms with E-state index in [0.29, 0.717) is 17.9 Å². The molecule has 9 nitrogen and oxygen atoms in total. The third-order valence-corrected chi connectivity index (χ3v) is 4.05. The molecule has 2 rings (SSSR count). The van der Waals surface area contributed by atoms with Gasteiger partial charge in [0.25, 0.3) is 5.69 Å². The molecule has 1 atom stereocenters. The van der Waals surface area contributed by atoms with E-state index in [-0.39, 0.29) is 24.5 Å². The smallest absolute Gasteiger partial charge is 0.338 e. The number of allylic oxidation sites excluding steroid dienone is 1. The molecule has 1 N–H and O–H groups in total. The normalized spacial score (nSPS) is 17.1. The number of amides is 2. The molecule has 0 bridgehead atoms. The van der Waals surface area contributed by atoms with Crippen LogP contribution in [0.15, 0.2) is 35.5 Å². The predicted molar refractivity (Wildman–Crippen MR) is 92.3 cm³/mol. The Kier molecular flexibility index (Phi) is 6.29. The van der Waals surface area contributed by atoms with Gasteiger partial charge in [0.15, 0.2) is 0 Å². The van der Waals surface area contributed by atoms with Crippen molar-refractivity contribution in [3.63, 3.8) is 0 Å². The summed E-state index contributed by atoms with van der Waals surface area (Å²) in [5.74, 6) is -0.606. The van der Waals surface area contributed by atoms with Crippen LogP contribution in [0.1, 0.15) is 25.5 Å². The van der Waals surface area contributed by atoms with Crippen molar-refractivity contribution in [1.29, 1.82) is 0 Å². The third kappa shape index (κ3) is 4.17. The number of carbonyl (C=O) groups excluding carboxylic acids is 2. The molecule has 0 fully saturated rings. The van der Waals surface area contributed by atoms with Crippen LogP contribution in [0.25, 0.3) is 0 Å². The molecule has 0 spiro atoms. The number of nitrogens with one attached hydrogen (secondary N) is 1. The van der Waals surface area contributed by atoms with E-state index in [1.54, 1.807) is 13.0 Å². The molecule has 0 saturated carbocycles. The second kappa shape index (κ2) is 8.43. The van der Waals surface area contributed by atoms with E-state index in [9.17, 15) is 19.7 Å². The van der Waals surface area contributed by atoms with Gasteiger partial charge in [0, 0.05) is 31.5 Å². The number of hydrogen-bond donors (Lipinski definition) is 1. The minimum absolute atomic E-state index is 0.0722. The molecule has 140 valence electrons. The summed E-state index contributed by atoms with van der Waals surface area (Å²) in [6, 6.07) is 4.55. The largest absolute Gasteiger partial charge is 0.460 e. The fourth-order valence-corrected chi connectivity index (χ4v) is 2.58. The first-order chi connectivity index (χ1) is 12.4. The number of nitro groups is 1. The average Bonchev–Trinajstić information content (AvgIpc) is 2.63. The van der Waals surface area contributed by atoms with E-state index in [4.69, 9.17) is 9.47 Å². The van der Waals surface area contributed by atoms with E-state index in [0.717, 1.165) is 0 Å². The van der Waals surface area contributed by atoms with Crippen LogP contribution in [0.4, 0.5) is 10.5 Å². The summed E-state index contributed by atoms with van der Waals surface area (Å²) >= 11 is 0. The van der Waals surface area contributed by atoms with Gasteiger partial charge in [-0.2, -0.15) is 0 Å². The van der Waals surface area contributed by atoms with Crippen molar-refractivity contribution in [2.75, 3.05) is 26.9 Å². The van der Waals surface area contributed by atoms with E-state index >= 15 is 0 Å². The van der Waals surface area contributed by atoms with Gasteiger partial charge in [-0.15, -0.1) is 0 Å². The molecular formula is C17H21N3O6. The van der Waals surface area contributed by atoms with Gasteiger partial charge < -0.3 is 19.7 Å². The fourth-order valence-electron chi connectivity index (χ4n) is 2.58. The molecule has 1 aromatic rings. The molecule has 0 aromatic heterocycles. The van der Waals surface area contributed by atoms with Crippen LogP contribution >= 0.6 is 0 Å². The molecule has 1 unspecified atom stereocenters. The van der Waals surface area contributed by atoms with Gasteiger partial charge in [-0.25, -0.2) is 9.59 Å². The summed E-state index contributed by atoms with van der Waals surface area (Å²) in [5, 5.41) is 13.7. The van der Waals surface area contributed by atoms with Gasteiger partial charge in [-0.3, -0.25) is 10.1 Å². The molecule has 26 heavy (non-hydrogen) atoms. The third-order valence-electron chi connectivity index (χ3n) is 4.05. The average molecular weight is 363 g/mol. The number of nitrogens with zero attached hydrogens (tertiary/aromatic N) is 2. The lowest BCUT2D eigenvalue weighted by Gasteiger charge is -2.33. The lowest BCUT2D eigenvalue weighted by atomic mass is 9.95. The number of urea groups is 1. The Hall–Kier alpha value is -2.94. The predicted octanol–water partition coefficient (Wildman–Crippen LogP) is 2.14. The van der Waals surface area contributed by atoms with E-state index in [2.05, 4.69) is 5.32 Å². The van der Waals surface area contributed by atoms with Crippen LogP contribution < -0.4 is 5.32 Å². The van der Waals surface area contributed by atoms with Crippen LogP contribution in [0.2, 0.25) is 0 Å². The van der Waals surface area contributed by atoms with Gasteiger partial charge in [-0.1, -0.05) is 12.1 Å². The summed E-state index contributed by atoms with van der Waals surface area (Å²) < 4.78 is 10.4. The maximum absolute atomic E-state index is 12.6. The van der Waals surface area contributed by atoms with Crippen molar-refractivity contribution in [2.45, 2.75) is 19.9 Å². The zero-order chi connectivity index (χ0) is 19.3.